The summed E-state index contributed by atoms with van der Waals surface area (Å²) in [6.45, 7) is 14.6. The maximum absolute atomic E-state index is 5.83. The van der Waals surface area contributed by atoms with E-state index in [2.05, 4.69) is 39.9 Å². The Morgan fingerprint density at radius 2 is 1.94 bits per heavy atom. The largest absolute Gasteiger partial charge is 0.330 e. The molecule has 16 heavy (non-hydrogen) atoms. The molecule has 0 saturated heterocycles. The molecule has 1 fully saturated rings. The van der Waals surface area contributed by atoms with Gasteiger partial charge in [0.25, 0.3) is 0 Å². The third kappa shape index (κ3) is 4.84. The van der Waals surface area contributed by atoms with E-state index in [0.29, 0.717) is 16.7 Å². The van der Waals surface area contributed by atoms with Gasteiger partial charge in [0, 0.05) is 0 Å². The molecule has 0 aromatic heterocycles. The molecule has 0 spiro atoms. The second kappa shape index (κ2) is 5.05. The highest BCUT2D eigenvalue weighted by Gasteiger charge is 2.44. The van der Waals surface area contributed by atoms with Crippen LogP contribution in [0.5, 0.6) is 0 Å². The van der Waals surface area contributed by atoms with Gasteiger partial charge in [0.1, 0.15) is 0 Å². The van der Waals surface area contributed by atoms with Crippen molar-refractivity contribution in [3.05, 3.63) is 0 Å². The van der Waals surface area contributed by atoms with Crippen LogP contribution in [0.3, 0.4) is 0 Å². The van der Waals surface area contributed by atoms with Gasteiger partial charge < -0.3 is 11.1 Å². The number of nitrogens with one attached hydrogen (secondary N) is 1. The van der Waals surface area contributed by atoms with E-state index in [9.17, 15) is 0 Å². The summed E-state index contributed by atoms with van der Waals surface area (Å²) in [5.41, 5.74) is 6.81. The minimum Gasteiger partial charge on any atom is -0.330 e. The minimum atomic E-state index is 0.393. The summed E-state index contributed by atoms with van der Waals surface area (Å²) in [6.07, 6.45) is 2.59. The summed E-state index contributed by atoms with van der Waals surface area (Å²) in [7, 11) is 0. The smallest absolute Gasteiger partial charge is 0.000814 e. The number of nitrogens with two attached hydrogens (primary N) is 1. The second-order valence-electron chi connectivity index (χ2n) is 7.41. The van der Waals surface area contributed by atoms with Crippen molar-refractivity contribution >= 4 is 0 Å². The Kier molecular flexibility index (Phi) is 4.42. The zero-order valence-electron chi connectivity index (χ0n) is 11.8. The summed E-state index contributed by atoms with van der Waals surface area (Å²) < 4.78 is 0. The molecular formula is C14H30N2. The molecule has 2 heteroatoms. The van der Waals surface area contributed by atoms with Crippen LogP contribution in [0, 0.1) is 22.7 Å². The summed E-state index contributed by atoms with van der Waals surface area (Å²) in [5.74, 6) is 1.52. The van der Waals surface area contributed by atoms with Gasteiger partial charge in [-0.05, 0) is 55.1 Å². The predicted molar refractivity (Wildman–Crippen MR) is 71.4 cm³/mol. The third-order valence-corrected chi connectivity index (χ3v) is 3.78. The molecule has 0 bridgehead atoms. The summed E-state index contributed by atoms with van der Waals surface area (Å²) >= 11 is 0. The van der Waals surface area contributed by atoms with Gasteiger partial charge in [-0.1, -0.05) is 34.6 Å². The zero-order valence-corrected chi connectivity index (χ0v) is 11.8. The molecule has 1 aliphatic rings. The van der Waals surface area contributed by atoms with Crippen molar-refractivity contribution in [1.29, 1.82) is 0 Å². The SMILES string of the molecule is CC(C)(C)CC(CN)CNCC1CC1(C)C. The molecule has 1 saturated carbocycles. The lowest BCUT2D eigenvalue weighted by Gasteiger charge is -2.25. The van der Waals surface area contributed by atoms with Crippen LogP contribution < -0.4 is 11.1 Å². The van der Waals surface area contributed by atoms with E-state index in [-0.39, 0.29) is 0 Å². The first kappa shape index (κ1) is 14.0. The first-order chi connectivity index (χ1) is 7.24. The fourth-order valence-electron chi connectivity index (χ4n) is 2.49. The molecule has 0 aliphatic heterocycles. The van der Waals surface area contributed by atoms with E-state index in [0.717, 1.165) is 19.0 Å². The quantitative estimate of drug-likeness (QED) is 0.730. The fourth-order valence-corrected chi connectivity index (χ4v) is 2.49. The lowest BCUT2D eigenvalue weighted by atomic mass is 9.84. The van der Waals surface area contributed by atoms with Crippen LogP contribution in [-0.4, -0.2) is 19.6 Å². The fraction of sp³-hybridized carbons (Fsp3) is 1.00. The van der Waals surface area contributed by atoms with E-state index in [4.69, 9.17) is 5.73 Å². The van der Waals surface area contributed by atoms with E-state index in [1.807, 2.05) is 0 Å². The first-order valence-corrected chi connectivity index (χ1v) is 6.65. The number of hydrogen-bond donors (Lipinski definition) is 2. The Morgan fingerprint density at radius 3 is 2.31 bits per heavy atom. The first-order valence-electron chi connectivity index (χ1n) is 6.65. The second-order valence-corrected chi connectivity index (χ2v) is 7.41. The highest BCUT2D eigenvalue weighted by atomic mass is 14.9. The van der Waals surface area contributed by atoms with Crippen LogP contribution in [0.4, 0.5) is 0 Å². The average Bonchev–Trinajstić information content (AvgIpc) is 2.70. The minimum absolute atomic E-state index is 0.393. The topological polar surface area (TPSA) is 38.0 Å². The van der Waals surface area contributed by atoms with Crippen LogP contribution in [-0.2, 0) is 0 Å². The Labute approximate surface area is 101 Å². The Morgan fingerprint density at radius 1 is 1.38 bits per heavy atom. The molecule has 1 aliphatic carbocycles. The molecule has 0 heterocycles. The maximum atomic E-state index is 5.83. The highest BCUT2D eigenvalue weighted by molar-refractivity contribution is 4.96. The van der Waals surface area contributed by atoms with Crippen LogP contribution in [0.1, 0.15) is 47.5 Å². The molecule has 0 amide bonds. The molecular weight excluding hydrogens is 196 g/mol. The van der Waals surface area contributed by atoms with Crippen molar-refractivity contribution < 1.29 is 0 Å². The zero-order chi connectivity index (χ0) is 12.4. The Balaban J connectivity index is 2.15. The van der Waals surface area contributed by atoms with Gasteiger partial charge in [-0.25, -0.2) is 0 Å². The van der Waals surface area contributed by atoms with Gasteiger partial charge in [-0.15, -0.1) is 0 Å². The van der Waals surface area contributed by atoms with E-state index in [1.54, 1.807) is 0 Å². The summed E-state index contributed by atoms with van der Waals surface area (Å²) in [5, 5.41) is 3.60. The van der Waals surface area contributed by atoms with Crippen LogP contribution in [0.15, 0.2) is 0 Å². The maximum Gasteiger partial charge on any atom is -0.000814 e. The van der Waals surface area contributed by atoms with Crippen molar-refractivity contribution in [1.82, 2.24) is 5.32 Å². The van der Waals surface area contributed by atoms with Crippen LogP contribution in [0.2, 0.25) is 0 Å². The molecule has 2 unspecified atom stereocenters. The normalized spacial score (nSPS) is 25.5. The van der Waals surface area contributed by atoms with Crippen molar-refractivity contribution in [3.63, 3.8) is 0 Å². The molecule has 96 valence electrons. The molecule has 0 aromatic carbocycles. The van der Waals surface area contributed by atoms with E-state index < -0.39 is 0 Å². The molecule has 2 atom stereocenters. The Bertz CT molecular complexity index is 215. The van der Waals surface area contributed by atoms with Crippen molar-refractivity contribution in [2.75, 3.05) is 19.6 Å². The van der Waals surface area contributed by atoms with Crippen molar-refractivity contribution in [2.45, 2.75) is 47.5 Å². The van der Waals surface area contributed by atoms with E-state index in [1.165, 1.54) is 19.4 Å². The standard InChI is InChI=1S/C14H30N2/c1-13(2,3)6-11(8-15)9-16-10-12-7-14(12,4)5/h11-12,16H,6-10,15H2,1-5H3. The molecule has 0 aromatic rings. The summed E-state index contributed by atoms with van der Waals surface area (Å²) in [4.78, 5) is 0. The lowest BCUT2D eigenvalue weighted by molar-refractivity contribution is 0.288. The van der Waals surface area contributed by atoms with E-state index >= 15 is 0 Å². The van der Waals surface area contributed by atoms with Gasteiger partial charge in [-0.3, -0.25) is 0 Å². The number of rotatable bonds is 6. The van der Waals surface area contributed by atoms with Crippen LogP contribution in [0.25, 0.3) is 0 Å². The monoisotopic (exact) mass is 226 g/mol. The summed E-state index contributed by atoms with van der Waals surface area (Å²) in [6, 6.07) is 0. The van der Waals surface area contributed by atoms with Gasteiger partial charge in [0.2, 0.25) is 0 Å². The molecule has 3 N–H and O–H groups in total. The van der Waals surface area contributed by atoms with Gasteiger partial charge >= 0.3 is 0 Å². The van der Waals surface area contributed by atoms with Crippen LogP contribution >= 0.6 is 0 Å². The lowest BCUT2D eigenvalue weighted by Crippen LogP contribution is -2.32. The third-order valence-electron chi connectivity index (χ3n) is 3.78. The molecule has 2 nitrogen and oxygen atoms in total. The van der Waals surface area contributed by atoms with Gasteiger partial charge in [0.15, 0.2) is 0 Å². The highest BCUT2D eigenvalue weighted by Crippen LogP contribution is 2.50. The van der Waals surface area contributed by atoms with Gasteiger partial charge in [-0.2, -0.15) is 0 Å². The molecule has 1 rings (SSSR count). The van der Waals surface area contributed by atoms with Crippen molar-refractivity contribution in [3.8, 4) is 0 Å². The molecule has 0 radical (unpaired) electrons. The van der Waals surface area contributed by atoms with Crippen molar-refractivity contribution in [2.24, 2.45) is 28.4 Å². The number of hydrogen-bond acceptors (Lipinski definition) is 2. The predicted octanol–water partition coefficient (Wildman–Crippen LogP) is 2.63. The average molecular weight is 226 g/mol. The Hall–Kier alpha value is -0.0800. The van der Waals surface area contributed by atoms with Gasteiger partial charge in [0.05, 0.1) is 0 Å².